The van der Waals surface area contributed by atoms with E-state index in [1.54, 1.807) is 25.3 Å². The lowest BCUT2D eigenvalue weighted by molar-refractivity contribution is 0.415. The lowest BCUT2D eigenvalue weighted by atomic mass is 10.3. The lowest BCUT2D eigenvalue weighted by Gasteiger charge is -2.01. The van der Waals surface area contributed by atoms with Crippen LogP contribution in [0.5, 0.6) is 5.75 Å². The fourth-order valence-corrected chi connectivity index (χ4v) is 0.949. The Morgan fingerprint density at radius 2 is 1.92 bits per heavy atom. The van der Waals surface area contributed by atoms with Crippen molar-refractivity contribution in [2.45, 2.75) is 13.8 Å². The normalized spacial score (nSPS) is 8.33. The topological polar surface area (TPSA) is 35.2 Å². The van der Waals surface area contributed by atoms with E-state index < -0.39 is 0 Å². The molecule has 0 spiro atoms. The molecule has 0 saturated carbocycles. The van der Waals surface area contributed by atoms with Crippen molar-refractivity contribution in [1.29, 1.82) is 0 Å². The van der Waals surface area contributed by atoms with Gasteiger partial charge in [0, 0.05) is 5.69 Å². The lowest BCUT2D eigenvalue weighted by Crippen LogP contribution is -1.87. The molecule has 1 aromatic carbocycles. The Morgan fingerprint density at radius 3 is 2.33 bits per heavy atom. The van der Waals surface area contributed by atoms with E-state index in [0.29, 0.717) is 16.5 Å². The number of nitrogens with two attached hydrogens (primary N) is 1. The van der Waals surface area contributed by atoms with Crippen molar-refractivity contribution in [1.82, 2.24) is 0 Å². The Morgan fingerprint density at radius 1 is 1.33 bits per heavy atom. The van der Waals surface area contributed by atoms with Crippen molar-refractivity contribution in [2.24, 2.45) is 0 Å². The zero-order valence-corrected chi connectivity index (χ0v) is 8.35. The summed E-state index contributed by atoms with van der Waals surface area (Å²) in [4.78, 5) is 0. The molecule has 0 amide bonds. The van der Waals surface area contributed by atoms with Crippen molar-refractivity contribution >= 4 is 17.3 Å². The zero-order valence-electron chi connectivity index (χ0n) is 7.60. The molecule has 0 heterocycles. The number of nitrogen functional groups attached to an aromatic ring is 1. The van der Waals surface area contributed by atoms with Crippen LogP contribution in [0.25, 0.3) is 0 Å². The Hall–Kier alpha value is -0.890. The van der Waals surface area contributed by atoms with Gasteiger partial charge in [0.25, 0.3) is 0 Å². The van der Waals surface area contributed by atoms with Gasteiger partial charge in [-0.3, -0.25) is 0 Å². The molecule has 0 fully saturated rings. The molecule has 0 aromatic heterocycles. The number of benzene rings is 1. The monoisotopic (exact) mass is 187 g/mol. The average molecular weight is 188 g/mol. The van der Waals surface area contributed by atoms with Crippen LogP contribution >= 0.6 is 11.6 Å². The predicted octanol–water partition coefficient (Wildman–Crippen LogP) is 2.96. The molecule has 2 N–H and O–H groups in total. The summed E-state index contributed by atoms with van der Waals surface area (Å²) in [7, 11) is 1.57. The van der Waals surface area contributed by atoms with Crippen LogP contribution in [0.3, 0.4) is 0 Å². The summed E-state index contributed by atoms with van der Waals surface area (Å²) in [5, 5.41) is 0.544. The van der Waals surface area contributed by atoms with Gasteiger partial charge < -0.3 is 10.5 Å². The van der Waals surface area contributed by atoms with Crippen LogP contribution in [0.1, 0.15) is 13.8 Å². The van der Waals surface area contributed by atoms with Crippen molar-refractivity contribution in [3.05, 3.63) is 23.2 Å². The highest BCUT2D eigenvalue weighted by atomic mass is 35.5. The standard InChI is InChI=1S/C7H8ClNO.C2H6/c1-10-7-3-2-5(9)4-6(7)8;1-2/h2-4H,9H2,1H3;1-2H3. The van der Waals surface area contributed by atoms with Crippen molar-refractivity contribution in [3.8, 4) is 5.75 Å². The van der Waals surface area contributed by atoms with Crippen LogP contribution in [-0.2, 0) is 0 Å². The number of rotatable bonds is 1. The summed E-state index contributed by atoms with van der Waals surface area (Å²) in [6, 6.07) is 5.13. The van der Waals surface area contributed by atoms with Gasteiger partial charge in [-0.05, 0) is 18.2 Å². The first-order valence-electron chi connectivity index (χ1n) is 3.83. The van der Waals surface area contributed by atoms with Gasteiger partial charge in [0.05, 0.1) is 12.1 Å². The van der Waals surface area contributed by atoms with E-state index in [1.807, 2.05) is 13.8 Å². The molecule has 0 aliphatic carbocycles. The molecular weight excluding hydrogens is 174 g/mol. The number of methoxy groups -OCH3 is 1. The molecular formula is C9H14ClNO. The molecule has 0 unspecified atom stereocenters. The second kappa shape index (κ2) is 5.72. The van der Waals surface area contributed by atoms with E-state index >= 15 is 0 Å². The molecule has 0 bridgehead atoms. The number of halogens is 1. The molecule has 12 heavy (non-hydrogen) atoms. The van der Waals surface area contributed by atoms with Crippen LogP contribution in [0.4, 0.5) is 5.69 Å². The van der Waals surface area contributed by atoms with Gasteiger partial charge in [0.15, 0.2) is 0 Å². The van der Waals surface area contributed by atoms with Gasteiger partial charge in [-0.1, -0.05) is 25.4 Å². The van der Waals surface area contributed by atoms with Crippen molar-refractivity contribution in [2.75, 3.05) is 12.8 Å². The summed E-state index contributed by atoms with van der Waals surface area (Å²) >= 11 is 5.72. The smallest absolute Gasteiger partial charge is 0.137 e. The van der Waals surface area contributed by atoms with E-state index in [0.717, 1.165) is 0 Å². The summed E-state index contributed by atoms with van der Waals surface area (Å²) in [6.07, 6.45) is 0. The minimum atomic E-state index is 0.544. The fraction of sp³-hybridized carbons (Fsp3) is 0.333. The predicted molar refractivity (Wildman–Crippen MR) is 53.8 cm³/mol. The van der Waals surface area contributed by atoms with Crippen molar-refractivity contribution in [3.63, 3.8) is 0 Å². The molecule has 3 heteroatoms. The second-order valence-corrected chi connectivity index (χ2v) is 2.30. The Bertz CT molecular complexity index is 238. The molecule has 1 aromatic rings. The highest BCUT2D eigenvalue weighted by molar-refractivity contribution is 6.32. The molecule has 0 atom stereocenters. The molecule has 0 saturated heterocycles. The molecule has 2 nitrogen and oxygen atoms in total. The Kier molecular flexibility index (Phi) is 5.30. The Labute approximate surface area is 78.3 Å². The van der Waals surface area contributed by atoms with Gasteiger partial charge in [-0.25, -0.2) is 0 Å². The molecule has 0 aliphatic rings. The van der Waals surface area contributed by atoms with E-state index in [4.69, 9.17) is 22.1 Å². The number of hydrogen-bond donors (Lipinski definition) is 1. The molecule has 0 radical (unpaired) electrons. The quantitative estimate of drug-likeness (QED) is 0.687. The van der Waals surface area contributed by atoms with Crippen LogP contribution in [-0.4, -0.2) is 7.11 Å². The van der Waals surface area contributed by atoms with E-state index in [2.05, 4.69) is 0 Å². The van der Waals surface area contributed by atoms with Gasteiger partial charge in [-0.15, -0.1) is 0 Å². The molecule has 1 rings (SSSR count). The maximum absolute atomic E-state index is 5.72. The van der Waals surface area contributed by atoms with E-state index in [9.17, 15) is 0 Å². The third kappa shape index (κ3) is 3.01. The van der Waals surface area contributed by atoms with Gasteiger partial charge in [0.1, 0.15) is 5.75 Å². The summed E-state index contributed by atoms with van der Waals surface area (Å²) in [6.45, 7) is 4.00. The highest BCUT2D eigenvalue weighted by Gasteiger charge is 1.97. The van der Waals surface area contributed by atoms with Gasteiger partial charge >= 0.3 is 0 Å². The van der Waals surface area contributed by atoms with E-state index in [-0.39, 0.29) is 0 Å². The average Bonchev–Trinajstić information content (AvgIpc) is 2.08. The first kappa shape index (κ1) is 11.1. The number of ether oxygens (including phenoxy) is 1. The van der Waals surface area contributed by atoms with Crippen LogP contribution in [0.2, 0.25) is 5.02 Å². The summed E-state index contributed by atoms with van der Waals surface area (Å²) in [5.41, 5.74) is 6.09. The third-order valence-electron chi connectivity index (χ3n) is 1.18. The minimum absolute atomic E-state index is 0.544. The zero-order chi connectivity index (χ0) is 9.56. The first-order chi connectivity index (χ1) is 5.74. The maximum atomic E-state index is 5.72. The number of anilines is 1. The van der Waals surface area contributed by atoms with Crippen LogP contribution in [0.15, 0.2) is 18.2 Å². The van der Waals surface area contributed by atoms with Crippen molar-refractivity contribution < 1.29 is 4.74 Å². The third-order valence-corrected chi connectivity index (χ3v) is 1.47. The SMILES string of the molecule is CC.COc1ccc(N)cc1Cl. The molecule has 0 aliphatic heterocycles. The van der Waals surface area contributed by atoms with Crippen LogP contribution in [0, 0.1) is 0 Å². The summed E-state index contributed by atoms with van der Waals surface area (Å²) < 4.78 is 4.91. The first-order valence-corrected chi connectivity index (χ1v) is 4.21. The maximum Gasteiger partial charge on any atom is 0.137 e. The van der Waals surface area contributed by atoms with E-state index in [1.165, 1.54) is 0 Å². The second-order valence-electron chi connectivity index (χ2n) is 1.89. The Balaban J connectivity index is 0.000000561. The minimum Gasteiger partial charge on any atom is -0.495 e. The summed E-state index contributed by atoms with van der Waals surface area (Å²) in [5.74, 6) is 0.649. The molecule has 68 valence electrons. The van der Waals surface area contributed by atoms with Gasteiger partial charge in [0.2, 0.25) is 0 Å². The van der Waals surface area contributed by atoms with Crippen LogP contribution < -0.4 is 10.5 Å². The number of hydrogen-bond acceptors (Lipinski definition) is 2. The fourth-order valence-electron chi connectivity index (χ4n) is 0.683. The largest absolute Gasteiger partial charge is 0.495 e. The highest BCUT2D eigenvalue weighted by Crippen LogP contribution is 2.25. The van der Waals surface area contributed by atoms with Gasteiger partial charge in [-0.2, -0.15) is 0 Å².